The fourth-order valence-corrected chi connectivity index (χ4v) is 1.29. The number of hydrogen-bond donors (Lipinski definition) is 0. The number of rotatable bonds is 4. The largest absolute Gasteiger partial charge is 0.485 e. The Morgan fingerprint density at radius 2 is 1.75 bits per heavy atom. The summed E-state index contributed by atoms with van der Waals surface area (Å²) in [5.74, 6) is 0.649. The van der Waals surface area contributed by atoms with Gasteiger partial charge in [-0.25, -0.2) is 0 Å². The number of carbonyl (C=O) groups is 1. The zero-order valence-corrected chi connectivity index (χ0v) is 8.67. The molecule has 2 aromatic rings. The summed E-state index contributed by atoms with van der Waals surface area (Å²) in [5.41, 5.74) is 0.617. The monoisotopic (exact) mass is 213 g/mol. The Morgan fingerprint density at radius 1 is 1.06 bits per heavy atom. The molecule has 0 aliphatic heterocycles. The zero-order chi connectivity index (χ0) is 11.2. The van der Waals surface area contributed by atoms with Crippen molar-refractivity contribution in [1.82, 2.24) is 4.98 Å². The Labute approximate surface area is 93.7 Å². The van der Waals surface area contributed by atoms with Crippen LogP contribution in [0.15, 0.2) is 54.9 Å². The van der Waals surface area contributed by atoms with E-state index in [0.29, 0.717) is 11.3 Å². The molecule has 0 radical (unpaired) electrons. The van der Waals surface area contributed by atoms with E-state index in [1.165, 1.54) is 0 Å². The van der Waals surface area contributed by atoms with E-state index >= 15 is 0 Å². The summed E-state index contributed by atoms with van der Waals surface area (Å²) in [4.78, 5) is 15.5. The van der Waals surface area contributed by atoms with Crippen LogP contribution in [-0.2, 0) is 0 Å². The molecule has 0 saturated carbocycles. The van der Waals surface area contributed by atoms with E-state index in [9.17, 15) is 4.79 Å². The molecule has 0 atom stereocenters. The molecule has 0 unspecified atom stereocenters. The van der Waals surface area contributed by atoms with Crippen molar-refractivity contribution in [2.24, 2.45) is 0 Å². The maximum Gasteiger partial charge on any atom is 0.200 e. The Morgan fingerprint density at radius 3 is 2.44 bits per heavy atom. The molecule has 0 spiro atoms. The minimum absolute atomic E-state index is 0.0496. The lowest BCUT2D eigenvalue weighted by Crippen LogP contribution is -2.11. The standard InChI is InChI=1S/C13H11NO2/c15-13(11-6-8-14-9-7-11)10-16-12-4-2-1-3-5-12/h1-9H,10H2. The smallest absolute Gasteiger partial charge is 0.200 e. The summed E-state index contributed by atoms with van der Waals surface area (Å²) >= 11 is 0. The van der Waals surface area contributed by atoms with Crippen LogP contribution >= 0.6 is 0 Å². The second kappa shape index (κ2) is 5.07. The number of ether oxygens (including phenoxy) is 1. The van der Waals surface area contributed by atoms with E-state index in [2.05, 4.69) is 4.98 Å². The van der Waals surface area contributed by atoms with Crippen molar-refractivity contribution < 1.29 is 9.53 Å². The highest BCUT2D eigenvalue weighted by molar-refractivity contribution is 5.97. The topological polar surface area (TPSA) is 39.2 Å². The van der Waals surface area contributed by atoms with Gasteiger partial charge in [0.05, 0.1) is 0 Å². The number of pyridine rings is 1. The van der Waals surface area contributed by atoms with Crippen molar-refractivity contribution >= 4 is 5.78 Å². The van der Waals surface area contributed by atoms with E-state index < -0.39 is 0 Å². The maximum absolute atomic E-state index is 11.7. The Balaban J connectivity index is 1.95. The lowest BCUT2D eigenvalue weighted by molar-refractivity contribution is 0.0921. The van der Waals surface area contributed by atoms with Gasteiger partial charge >= 0.3 is 0 Å². The molecule has 0 aliphatic rings. The van der Waals surface area contributed by atoms with Gasteiger partial charge in [0.1, 0.15) is 5.75 Å². The fourth-order valence-electron chi connectivity index (χ4n) is 1.29. The molecule has 80 valence electrons. The quantitative estimate of drug-likeness (QED) is 0.732. The van der Waals surface area contributed by atoms with Gasteiger partial charge in [-0.3, -0.25) is 9.78 Å². The number of Topliss-reactive ketones (excluding diaryl/α,β-unsaturated/α-hetero) is 1. The molecule has 3 heteroatoms. The van der Waals surface area contributed by atoms with Gasteiger partial charge in [-0.15, -0.1) is 0 Å². The van der Waals surface area contributed by atoms with E-state index in [4.69, 9.17) is 4.74 Å². The Hall–Kier alpha value is -2.16. The highest BCUT2D eigenvalue weighted by atomic mass is 16.5. The highest BCUT2D eigenvalue weighted by Gasteiger charge is 2.05. The van der Waals surface area contributed by atoms with Gasteiger partial charge in [0.2, 0.25) is 0 Å². The summed E-state index contributed by atoms with van der Waals surface area (Å²) in [6, 6.07) is 12.6. The number of para-hydroxylation sites is 1. The predicted molar refractivity (Wildman–Crippen MR) is 60.5 cm³/mol. The molecule has 0 aliphatic carbocycles. The number of nitrogens with zero attached hydrogens (tertiary/aromatic N) is 1. The zero-order valence-electron chi connectivity index (χ0n) is 8.67. The normalized spacial score (nSPS) is 9.75. The van der Waals surface area contributed by atoms with Crippen molar-refractivity contribution in [3.63, 3.8) is 0 Å². The SMILES string of the molecule is O=C(COc1ccccc1)c1ccncc1. The van der Waals surface area contributed by atoms with Crippen molar-refractivity contribution in [3.8, 4) is 5.75 Å². The minimum Gasteiger partial charge on any atom is -0.485 e. The van der Waals surface area contributed by atoms with Crippen LogP contribution in [0.25, 0.3) is 0 Å². The maximum atomic E-state index is 11.7. The van der Waals surface area contributed by atoms with Gasteiger partial charge in [-0.05, 0) is 24.3 Å². The minimum atomic E-state index is -0.0498. The van der Waals surface area contributed by atoms with Gasteiger partial charge in [0.25, 0.3) is 0 Å². The molecule has 1 aromatic carbocycles. The number of ketones is 1. The molecular weight excluding hydrogens is 202 g/mol. The Kier molecular flexibility index (Phi) is 3.28. The van der Waals surface area contributed by atoms with Crippen LogP contribution in [0.3, 0.4) is 0 Å². The first kappa shape index (κ1) is 10.4. The van der Waals surface area contributed by atoms with Crippen LogP contribution in [0, 0.1) is 0 Å². The van der Waals surface area contributed by atoms with E-state index in [1.54, 1.807) is 24.5 Å². The molecule has 1 aromatic heterocycles. The number of aromatic nitrogens is 1. The molecule has 0 saturated heterocycles. The van der Waals surface area contributed by atoms with Crippen molar-refractivity contribution in [2.45, 2.75) is 0 Å². The van der Waals surface area contributed by atoms with E-state index in [1.807, 2.05) is 30.3 Å². The summed E-state index contributed by atoms with van der Waals surface area (Å²) < 4.78 is 5.35. The molecule has 3 nitrogen and oxygen atoms in total. The first-order chi connectivity index (χ1) is 7.86. The summed E-state index contributed by atoms with van der Waals surface area (Å²) in [7, 11) is 0. The Bertz CT molecular complexity index is 454. The molecule has 0 bridgehead atoms. The van der Waals surface area contributed by atoms with Crippen molar-refractivity contribution in [2.75, 3.05) is 6.61 Å². The van der Waals surface area contributed by atoms with Crippen molar-refractivity contribution in [1.29, 1.82) is 0 Å². The summed E-state index contributed by atoms with van der Waals surface area (Å²) in [6.07, 6.45) is 3.19. The van der Waals surface area contributed by atoms with Gasteiger partial charge in [0, 0.05) is 18.0 Å². The van der Waals surface area contributed by atoms with Gasteiger partial charge < -0.3 is 4.74 Å². The predicted octanol–water partition coefficient (Wildman–Crippen LogP) is 2.34. The lowest BCUT2D eigenvalue weighted by Gasteiger charge is -2.04. The second-order valence-electron chi connectivity index (χ2n) is 3.26. The van der Waals surface area contributed by atoms with E-state index in [-0.39, 0.29) is 12.4 Å². The van der Waals surface area contributed by atoms with Crippen LogP contribution in [0.4, 0.5) is 0 Å². The summed E-state index contributed by atoms with van der Waals surface area (Å²) in [5, 5.41) is 0. The first-order valence-corrected chi connectivity index (χ1v) is 4.97. The van der Waals surface area contributed by atoms with Gasteiger partial charge in [-0.2, -0.15) is 0 Å². The fraction of sp³-hybridized carbons (Fsp3) is 0.0769. The second-order valence-corrected chi connectivity index (χ2v) is 3.26. The number of benzene rings is 1. The average molecular weight is 213 g/mol. The lowest BCUT2D eigenvalue weighted by atomic mass is 10.2. The average Bonchev–Trinajstić information content (AvgIpc) is 2.38. The molecule has 0 amide bonds. The van der Waals surface area contributed by atoms with Gasteiger partial charge in [0.15, 0.2) is 12.4 Å². The third-order valence-corrected chi connectivity index (χ3v) is 2.12. The third kappa shape index (κ3) is 2.67. The number of carbonyl (C=O) groups excluding carboxylic acids is 1. The van der Waals surface area contributed by atoms with E-state index in [0.717, 1.165) is 0 Å². The number of hydrogen-bond acceptors (Lipinski definition) is 3. The molecule has 2 rings (SSSR count). The molecular formula is C13H11NO2. The van der Waals surface area contributed by atoms with Crippen LogP contribution in [0.1, 0.15) is 10.4 Å². The van der Waals surface area contributed by atoms with Gasteiger partial charge in [-0.1, -0.05) is 18.2 Å². The first-order valence-electron chi connectivity index (χ1n) is 4.97. The van der Waals surface area contributed by atoms with Crippen LogP contribution in [0.5, 0.6) is 5.75 Å². The van der Waals surface area contributed by atoms with Crippen molar-refractivity contribution in [3.05, 3.63) is 60.4 Å². The third-order valence-electron chi connectivity index (χ3n) is 2.12. The molecule has 0 N–H and O–H groups in total. The summed E-state index contributed by atoms with van der Waals surface area (Å²) in [6.45, 7) is 0.0496. The van der Waals surface area contributed by atoms with Crippen LogP contribution in [0.2, 0.25) is 0 Å². The highest BCUT2D eigenvalue weighted by Crippen LogP contribution is 2.09. The molecule has 0 fully saturated rings. The molecule has 16 heavy (non-hydrogen) atoms. The van der Waals surface area contributed by atoms with Crippen LogP contribution in [-0.4, -0.2) is 17.4 Å². The van der Waals surface area contributed by atoms with Crippen LogP contribution < -0.4 is 4.74 Å². The molecule has 1 heterocycles.